The van der Waals surface area contributed by atoms with E-state index in [0.29, 0.717) is 5.75 Å². The Morgan fingerprint density at radius 1 is 1.10 bits per heavy atom. The largest absolute Gasteiger partial charge is 0.497 e. The monoisotopic (exact) mass is 399 g/mol. The quantitative estimate of drug-likeness (QED) is 0.458. The van der Waals surface area contributed by atoms with Gasteiger partial charge in [-0.2, -0.15) is 4.98 Å². The zero-order valence-electron chi connectivity index (χ0n) is 15.0. The van der Waals surface area contributed by atoms with E-state index < -0.39 is 22.3 Å². The standard InChI is InChI=1S/C18H14FN5O5/c1-28-11-6-8-12(9-7-11)29-18-15(24(26)27)16(20-10-21-18)22-23-17(25)13-4-2-3-5-14(13)19/h2-10H,1H3,(H,23,25)(H,20,21,22). The number of carbonyl (C=O) groups is 1. The van der Waals surface area contributed by atoms with Crippen LogP contribution in [0.3, 0.4) is 0 Å². The maximum absolute atomic E-state index is 13.7. The molecule has 0 saturated heterocycles. The van der Waals surface area contributed by atoms with Crippen LogP contribution in [0.2, 0.25) is 0 Å². The average molecular weight is 399 g/mol. The molecule has 1 amide bonds. The first-order chi connectivity index (χ1) is 14.0. The third kappa shape index (κ3) is 4.53. The van der Waals surface area contributed by atoms with E-state index in [2.05, 4.69) is 20.8 Å². The Hall–Kier alpha value is -4.28. The van der Waals surface area contributed by atoms with Crippen LogP contribution < -0.4 is 20.3 Å². The molecule has 0 spiro atoms. The number of ether oxygens (including phenoxy) is 2. The van der Waals surface area contributed by atoms with Crippen molar-refractivity contribution in [3.63, 3.8) is 0 Å². The number of carbonyl (C=O) groups excluding carboxylic acids is 1. The van der Waals surface area contributed by atoms with Crippen LogP contribution in [0.4, 0.5) is 15.9 Å². The van der Waals surface area contributed by atoms with Gasteiger partial charge in [-0.25, -0.2) is 9.37 Å². The Morgan fingerprint density at radius 2 is 1.79 bits per heavy atom. The summed E-state index contributed by atoms with van der Waals surface area (Å²) in [7, 11) is 1.50. The van der Waals surface area contributed by atoms with Crippen LogP contribution in [0, 0.1) is 15.9 Å². The Kier molecular flexibility index (Phi) is 5.78. The fourth-order valence-corrected chi connectivity index (χ4v) is 2.28. The predicted molar refractivity (Wildman–Crippen MR) is 99.2 cm³/mol. The first-order valence-corrected chi connectivity index (χ1v) is 8.11. The molecule has 29 heavy (non-hydrogen) atoms. The molecular weight excluding hydrogens is 385 g/mol. The molecule has 148 valence electrons. The molecule has 0 aliphatic heterocycles. The van der Waals surface area contributed by atoms with E-state index >= 15 is 0 Å². The molecule has 0 bridgehead atoms. The van der Waals surface area contributed by atoms with Crippen LogP contribution in [0.25, 0.3) is 0 Å². The predicted octanol–water partition coefficient (Wildman–Crippen LogP) is 3.08. The zero-order chi connectivity index (χ0) is 20.8. The number of halogens is 1. The first kappa shape index (κ1) is 19.5. The van der Waals surface area contributed by atoms with E-state index in [1.165, 1.54) is 37.4 Å². The highest BCUT2D eigenvalue weighted by Crippen LogP contribution is 2.34. The van der Waals surface area contributed by atoms with Gasteiger partial charge in [0.15, 0.2) is 0 Å². The van der Waals surface area contributed by atoms with Crippen molar-refractivity contribution in [2.75, 3.05) is 12.5 Å². The van der Waals surface area contributed by atoms with Crippen LogP contribution >= 0.6 is 0 Å². The van der Waals surface area contributed by atoms with Gasteiger partial charge in [-0.15, -0.1) is 0 Å². The van der Waals surface area contributed by atoms with Gasteiger partial charge in [0.2, 0.25) is 5.82 Å². The maximum atomic E-state index is 13.7. The van der Waals surface area contributed by atoms with Crippen molar-refractivity contribution >= 4 is 17.4 Å². The summed E-state index contributed by atoms with van der Waals surface area (Å²) in [6, 6.07) is 11.6. The number of nitrogens with zero attached hydrogens (tertiary/aromatic N) is 3. The van der Waals surface area contributed by atoms with Crippen LogP contribution in [0.5, 0.6) is 17.4 Å². The van der Waals surface area contributed by atoms with E-state index in [1.54, 1.807) is 12.1 Å². The Morgan fingerprint density at radius 3 is 2.45 bits per heavy atom. The number of benzene rings is 2. The number of anilines is 1. The first-order valence-electron chi connectivity index (χ1n) is 8.11. The van der Waals surface area contributed by atoms with Crippen molar-refractivity contribution in [3.8, 4) is 17.4 Å². The summed E-state index contributed by atoms with van der Waals surface area (Å²) in [5.74, 6) is -1.42. The van der Waals surface area contributed by atoms with Crippen molar-refractivity contribution < 1.29 is 23.6 Å². The van der Waals surface area contributed by atoms with Crippen LogP contribution in [0.15, 0.2) is 54.9 Å². The number of hydrogen-bond donors (Lipinski definition) is 2. The van der Waals surface area contributed by atoms with Gasteiger partial charge in [0, 0.05) is 0 Å². The van der Waals surface area contributed by atoms with Crippen LogP contribution in [-0.2, 0) is 0 Å². The summed E-state index contributed by atoms with van der Waals surface area (Å²) in [5, 5.41) is 11.5. The van der Waals surface area contributed by atoms with Crippen molar-refractivity contribution in [1.29, 1.82) is 0 Å². The van der Waals surface area contributed by atoms with Crippen molar-refractivity contribution in [2.45, 2.75) is 0 Å². The van der Waals surface area contributed by atoms with Gasteiger partial charge in [0.05, 0.1) is 17.6 Å². The molecule has 0 fully saturated rings. The van der Waals surface area contributed by atoms with E-state index in [1.807, 2.05) is 0 Å². The minimum atomic E-state index is -0.839. The number of rotatable bonds is 7. The molecule has 0 aliphatic rings. The zero-order valence-corrected chi connectivity index (χ0v) is 15.0. The lowest BCUT2D eigenvalue weighted by molar-refractivity contribution is -0.385. The number of hydrogen-bond acceptors (Lipinski definition) is 8. The normalized spacial score (nSPS) is 10.1. The molecule has 3 aromatic rings. The van der Waals surface area contributed by atoms with E-state index in [9.17, 15) is 19.3 Å². The summed E-state index contributed by atoms with van der Waals surface area (Å²) >= 11 is 0. The van der Waals surface area contributed by atoms with Gasteiger partial charge in [-0.3, -0.25) is 25.8 Å². The number of aromatic nitrogens is 2. The summed E-state index contributed by atoms with van der Waals surface area (Å²) in [6.07, 6.45) is 1.02. The smallest absolute Gasteiger partial charge is 0.374 e. The minimum Gasteiger partial charge on any atom is -0.497 e. The second-order valence-electron chi connectivity index (χ2n) is 5.47. The Balaban J connectivity index is 1.82. The van der Waals surface area contributed by atoms with E-state index in [-0.39, 0.29) is 23.0 Å². The third-order valence-corrected chi connectivity index (χ3v) is 3.66. The number of hydrazine groups is 1. The topological polar surface area (TPSA) is 129 Å². The van der Waals surface area contributed by atoms with Crippen molar-refractivity contribution in [1.82, 2.24) is 15.4 Å². The summed E-state index contributed by atoms with van der Waals surface area (Å²) in [5.41, 5.74) is 3.61. The number of nitrogens with one attached hydrogen (secondary N) is 2. The fourth-order valence-electron chi connectivity index (χ4n) is 2.28. The highest BCUT2D eigenvalue weighted by Gasteiger charge is 2.26. The molecule has 11 heteroatoms. The number of amides is 1. The second-order valence-corrected chi connectivity index (χ2v) is 5.47. The molecule has 0 unspecified atom stereocenters. The summed E-state index contributed by atoms with van der Waals surface area (Å²) < 4.78 is 24.2. The maximum Gasteiger partial charge on any atom is 0.374 e. The van der Waals surface area contributed by atoms with Gasteiger partial charge >= 0.3 is 11.6 Å². The third-order valence-electron chi connectivity index (χ3n) is 3.66. The summed E-state index contributed by atoms with van der Waals surface area (Å²) in [6.45, 7) is 0. The molecule has 3 rings (SSSR count). The van der Waals surface area contributed by atoms with E-state index in [4.69, 9.17) is 9.47 Å². The lowest BCUT2D eigenvalue weighted by Crippen LogP contribution is -2.31. The van der Waals surface area contributed by atoms with Crippen molar-refractivity contribution in [3.05, 3.63) is 76.4 Å². The molecule has 10 nitrogen and oxygen atoms in total. The molecule has 2 N–H and O–H groups in total. The molecule has 1 aromatic heterocycles. The lowest BCUT2D eigenvalue weighted by atomic mass is 10.2. The molecule has 0 radical (unpaired) electrons. The highest BCUT2D eigenvalue weighted by molar-refractivity contribution is 5.95. The number of nitro groups is 1. The van der Waals surface area contributed by atoms with Gasteiger partial charge in [-0.1, -0.05) is 12.1 Å². The van der Waals surface area contributed by atoms with Crippen LogP contribution in [0.1, 0.15) is 10.4 Å². The molecule has 0 aliphatic carbocycles. The molecule has 0 saturated carbocycles. The minimum absolute atomic E-state index is 0.244. The van der Waals surface area contributed by atoms with E-state index in [0.717, 1.165) is 12.4 Å². The summed E-state index contributed by atoms with van der Waals surface area (Å²) in [4.78, 5) is 30.4. The molecule has 2 aromatic carbocycles. The Bertz CT molecular complexity index is 1050. The Labute approximate surface area is 163 Å². The van der Waals surface area contributed by atoms with Gasteiger partial charge < -0.3 is 9.47 Å². The van der Waals surface area contributed by atoms with Gasteiger partial charge in [0.25, 0.3) is 5.91 Å². The molecule has 1 heterocycles. The SMILES string of the molecule is COc1ccc(Oc2ncnc(NNC(=O)c3ccccc3F)c2[N+](=O)[O-])cc1. The average Bonchev–Trinajstić information content (AvgIpc) is 2.72. The highest BCUT2D eigenvalue weighted by atomic mass is 19.1. The van der Waals surface area contributed by atoms with Crippen molar-refractivity contribution in [2.24, 2.45) is 0 Å². The van der Waals surface area contributed by atoms with Crippen LogP contribution in [-0.4, -0.2) is 27.9 Å². The second kappa shape index (κ2) is 8.61. The van der Waals surface area contributed by atoms with Gasteiger partial charge in [0.1, 0.15) is 23.6 Å². The number of methoxy groups -OCH3 is 1. The molecule has 0 atom stereocenters. The van der Waals surface area contributed by atoms with Gasteiger partial charge in [-0.05, 0) is 36.4 Å². The molecular formula is C18H14FN5O5. The fraction of sp³-hybridized carbons (Fsp3) is 0.0556. The lowest BCUT2D eigenvalue weighted by Gasteiger charge is -2.11.